The molecule has 2 aromatic rings. The second kappa shape index (κ2) is 8.05. The Hall–Kier alpha value is -3.19. The maximum absolute atomic E-state index is 13.1. The highest BCUT2D eigenvalue weighted by molar-refractivity contribution is 6.07. The third-order valence-electron chi connectivity index (χ3n) is 5.46. The molecule has 1 N–H and O–H groups in total. The molecule has 0 saturated carbocycles. The van der Waals surface area contributed by atoms with Crippen LogP contribution in [-0.4, -0.2) is 49.5 Å². The van der Waals surface area contributed by atoms with E-state index in [0.717, 1.165) is 48.1 Å². The Balaban J connectivity index is 1.51. The summed E-state index contributed by atoms with van der Waals surface area (Å²) in [6.07, 6.45) is 1.99. The van der Waals surface area contributed by atoms with Crippen molar-refractivity contribution in [3.05, 3.63) is 65.7 Å². The lowest BCUT2D eigenvalue weighted by atomic mass is 9.87. The Labute approximate surface area is 169 Å². The molecule has 3 amide bonds. The van der Waals surface area contributed by atoms with E-state index in [9.17, 15) is 9.59 Å². The van der Waals surface area contributed by atoms with E-state index in [-0.39, 0.29) is 5.91 Å². The van der Waals surface area contributed by atoms with Crippen molar-refractivity contribution < 1.29 is 14.3 Å². The number of benzene rings is 2. The number of carbonyl (C=O) groups excluding carboxylic acids is 2. The van der Waals surface area contributed by atoms with Gasteiger partial charge in [0.15, 0.2) is 0 Å². The topological polar surface area (TPSA) is 74.2 Å². The van der Waals surface area contributed by atoms with Crippen LogP contribution in [0, 0.1) is 0 Å². The molecule has 0 bridgehead atoms. The molecule has 150 valence electrons. The van der Waals surface area contributed by atoms with Gasteiger partial charge in [0.2, 0.25) is 0 Å². The number of imide groups is 1. The number of morpholine rings is 1. The highest BCUT2D eigenvalue weighted by Gasteiger charge is 2.51. The number of urea groups is 1. The van der Waals surface area contributed by atoms with Crippen molar-refractivity contribution in [3.8, 4) is 0 Å². The lowest BCUT2D eigenvalue weighted by Crippen LogP contribution is -2.43. The average molecular weight is 392 g/mol. The number of nitrogens with zero attached hydrogens (tertiary/aromatic N) is 3. The van der Waals surface area contributed by atoms with Crippen LogP contribution < -0.4 is 10.2 Å². The fourth-order valence-electron chi connectivity index (χ4n) is 3.75. The minimum atomic E-state index is -1.07. The smallest absolute Gasteiger partial charge is 0.346 e. The van der Waals surface area contributed by atoms with Crippen molar-refractivity contribution in [3.63, 3.8) is 0 Å². The van der Waals surface area contributed by atoms with Crippen LogP contribution >= 0.6 is 0 Å². The zero-order valence-electron chi connectivity index (χ0n) is 16.4. The molecule has 0 aliphatic carbocycles. The maximum atomic E-state index is 13.1. The van der Waals surface area contributed by atoms with Crippen molar-refractivity contribution in [2.45, 2.75) is 18.9 Å². The lowest BCUT2D eigenvalue weighted by molar-refractivity contribution is -0.131. The number of anilines is 1. The van der Waals surface area contributed by atoms with E-state index >= 15 is 0 Å². The molecule has 4 rings (SSSR count). The number of amides is 3. The number of ether oxygens (including phenoxy) is 1. The third kappa shape index (κ3) is 3.61. The van der Waals surface area contributed by atoms with Gasteiger partial charge < -0.3 is 15.0 Å². The molecule has 0 radical (unpaired) electrons. The minimum absolute atomic E-state index is 0.364. The molecule has 7 nitrogen and oxygen atoms in total. The van der Waals surface area contributed by atoms with Crippen molar-refractivity contribution in [2.24, 2.45) is 5.10 Å². The van der Waals surface area contributed by atoms with Crippen molar-refractivity contribution in [1.29, 1.82) is 0 Å². The number of hydrazone groups is 1. The van der Waals surface area contributed by atoms with E-state index in [2.05, 4.69) is 15.3 Å². The van der Waals surface area contributed by atoms with E-state index in [1.165, 1.54) is 6.21 Å². The summed E-state index contributed by atoms with van der Waals surface area (Å²) in [6, 6.07) is 16.7. The predicted molar refractivity (Wildman–Crippen MR) is 111 cm³/mol. The SMILES string of the molecule is CC[C@]1(c2ccccc2)NC(=O)N(/N=C\c2ccc(N3CCOCC3)cc2)C1=O. The first-order valence-corrected chi connectivity index (χ1v) is 9.83. The Bertz CT molecular complexity index is 907. The van der Waals surface area contributed by atoms with Gasteiger partial charge in [0.25, 0.3) is 5.91 Å². The van der Waals surface area contributed by atoms with Gasteiger partial charge in [-0.1, -0.05) is 49.4 Å². The molecule has 29 heavy (non-hydrogen) atoms. The predicted octanol–water partition coefficient (Wildman–Crippen LogP) is 2.71. The second-order valence-corrected chi connectivity index (χ2v) is 7.11. The first-order chi connectivity index (χ1) is 14.1. The summed E-state index contributed by atoms with van der Waals surface area (Å²) in [5.74, 6) is -0.364. The van der Waals surface area contributed by atoms with E-state index in [0.29, 0.717) is 6.42 Å². The minimum Gasteiger partial charge on any atom is -0.378 e. The summed E-state index contributed by atoms with van der Waals surface area (Å²) in [5.41, 5.74) is 1.62. The van der Waals surface area contributed by atoms with Gasteiger partial charge in [-0.2, -0.15) is 5.10 Å². The van der Waals surface area contributed by atoms with Gasteiger partial charge in [0.05, 0.1) is 19.4 Å². The van der Waals surface area contributed by atoms with Crippen LogP contribution in [0.2, 0.25) is 0 Å². The number of rotatable bonds is 5. The van der Waals surface area contributed by atoms with E-state index in [1.54, 1.807) is 0 Å². The van der Waals surface area contributed by atoms with Crippen LogP contribution in [0.3, 0.4) is 0 Å². The highest BCUT2D eigenvalue weighted by atomic mass is 16.5. The van der Waals surface area contributed by atoms with Gasteiger partial charge in [0.1, 0.15) is 5.54 Å². The standard InChI is InChI=1S/C22H24N4O3/c1-2-22(18-6-4-3-5-7-18)20(27)26(21(28)24-22)23-16-17-8-10-19(11-9-17)25-12-14-29-15-13-25/h3-11,16H,2,12-15H2,1H3,(H,24,28)/b23-16-/t22-/m1/s1. The van der Waals surface area contributed by atoms with Crippen LogP contribution in [0.4, 0.5) is 10.5 Å². The van der Waals surface area contributed by atoms with Crippen LogP contribution in [0.5, 0.6) is 0 Å². The van der Waals surface area contributed by atoms with Gasteiger partial charge in [-0.05, 0) is 29.7 Å². The summed E-state index contributed by atoms with van der Waals surface area (Å²) in [5, 5.41) is 7.93. The quantitative estimate of drug-likeness (QED) is 0.627. The second-order valence-electron chi connectivity index (χ2n) is 7.11. The largest absolute Gasteiger partial charge is 0.378 e. The zero-order chi connectivity index (χ0) is 20.3. The fourth-order valence-corrected chi connectivity index (χ4v) is 3.75. The summed E-state index contributed by atoms with van der Waals surface area (Å²) in [4.78, 5) is 27.8. The summed E-state index contributed by atoms with van der Waals surface area (Å²) in [6.45, 7) is 5.08. The average Bonchev–Trinajstić information content (AvgIpc) is 3.04. The highest BCUT2D eigenvalue weighted by Crippen LogP contribution is 2.32. The van der Waals surface area contributed by atoms with Crippen LogP contribution in [-0.2, 0) is 15.1 Å². The molecule has 2 aromatic carbocycles. The Morgan fingerprint density at radius 3 is 2.41 bits per heavy atom. The van der Waals surface area contributed by atoms with Crippen molar-refractivity contribution in [2.75, 3.05) is 31.2 Å². The molecule has 2 heterocycles. The van der Waals surface area contributed by atoms with Gasteiger partial charge in [0, 0.05) is 18.8 Å². The Kier molecular flexibility index (Phi) is 5.31. The normalized spacial score (nSPS) is 22.4. The lowest BCUT2D eigenvalue weighted by Gasteiger charge is -2.28. The Morgan fingerprint density at radius 1 is 1.07 bits per heavy atom. The molecule has 2 aliphatic rings. The van der Waals surface area contributed by atoms with Gasteiger partial charge >= 0.3 is 6.03 Å². The van der Waals surface area contributed by atoms with Gasteiger partial charge in [-0.3, -0.25) is 4.79 Å². The molecule has 0 spiro atoms. The first kappa shape index (κ1) is 19.1. The number of carbonyl (C=O) groups is 2. The van der Waals surface area contributed by atoms with Crippen molar-refractivity contribution >= 4 is 23.8 Å². The summed E-state index contributed by atoms with van der Waals surface area (Å²) in [7, 11) is 0. The summed E-state index contributed by atoms with van der Waals surface area (Å²) >= 11 is 0. The maximum Gasteiger partial charge on any atom is 0.346 e. The monoisotopic (exact) mass is 392 g/mol. The number of hydrogen-bond acceptors (Lipinski definition) is 5. The Morgan fingerprint density at radius 2 is 1.76 bits per heavy atom. The van der Waals surface area contributed by atoms with Crippen LogP contribution in [0.15, 0.2) is 59.7 Å². The molecule has 2 saturated heterocycles. The number of nitrogens with one attached hydrogen (secondary N) is 1. The van der Waals surface area contributed by atoms with Gasteiger partial charge in [-0.25, -0.2) is 4.79 Å². The van der Waals surface area contributed by atoms with Crippen LogP contribution in [0.25, 0.3) is 0 Å². The molecule has 2 fully saturated rings. The molecule has 7 heteroatoms. The van der Waals surface area contributed by atoms with Gasteiger partial charge in [-0.15, -0.1) is 5.01 Å². The molecule has 1 atom stereocenters. The zero-order valence-corrected chi connectivity index (χ0v) is 16.4. The molecule has 2 aliphatic heterocycles. The summed E-state index contributed by atoms with van der Waals surface area (Å²) < 4.78 is 5.38. The molecule has 0 aromatic heterocycles. The fraction of sp³-hybridized carbons (Fsp3) is 0.318. The molecular weight excluding hydrogens is 368 g/mol. The number of hydrogen-bond donors (Lipinski definition) is 1. The molecular formula is C22H24N4O3. The first-order valence-electron chi connectivity index (χ1n) is 9.83. The van der Waals surface area contributed by atoms with E-state index < -0.39 is 11.6 Å². The third-order valence-corrected chi connectivity index (χ3v) is 5.46. The molecule has 0 unspecified atom stereocenters. The van der Waals surface area contributed by atoms with Crippen molar-refractivity contribution in [1.82, 2.24) is 10.3 Å². The van der Waals surface area contributed by atoms with Crippen LogP contribution in [0.1, 0.15) is 24.5 Å². The van der Waals surface area contributed by atoms with E-state index in [4.69, 9.17) is 4.74 Å². The van der Waals surface area contributed by atoms with E-state index in [1.807, 2.05) is 61.5 Å².